The van der Waals surface area contributed by atoms with Gasteiger partial charge in [0.15, 0.2) is 11.6 Å². The van der Waals surface area contributed by atoms with Crippen LogP contribution in [0.5, 0.6) is 5.75 Å². The Kier molecular flexibility index (Phi) is 5.13. The molecule has 0 bridgehead atoms. The molecule has 1 fully saturated rings. The molecule has 0 aliphatic carbocycles. The fourth-order valence-corrected chi connectivity index (χ4v) is 2.19. The van der Waals surface area contributed by atoms with Crippen LogP contribution in [0.2, 0.25) is 0 Å². The second-order valence-electron chi connectivity index (χ2n) is 4.98. The van der Waals surface area contributed by atoms with Crippen molar-refractivity contribution in [3.63, 3.8) is 0 Å². The molecule has 2 N–H and O–H groups in total. The van der Waals surface area contributed by atoms with Crippen LogP contribution >= 0.6 is 0 Å². The molecule has 0 spiro atoms. The molecule has 1 unspecified atom stereocenters. The minimum Gasteiger partial charge on any atom is -0.505 e. The lowest BCUT2D eigenvalue weighted by Gasteiger charge is -2.29. The molecule has 1 saturated heterocycles. The van der Waals surface area contributed by atoms with Gasteiger partial charge in [0.25, 0.3) is 0 Å². The third kappa shape index (κ3) is 4.45. The average molecular weight is 268 g/mol. The smallest absolute Gasteiger partial charge is 0.165 e. The zero-order chi connectivity index (χ0) is 13.7. The van der Waals surface area contributed by atoms with Gasteiger partial charge in [0.1, 0.15) is 0 Å². The number of benzene rings is 1. The SMILES string of the molecule is CC(CN1CCOCC1)NCc1ccc(O)c(F)c1. The van der Waals surface area contributed by atoms with Crippen LogP contribution < -0.4 is 5.32 Å². The highest BCUT2D eigenvalue weighted by Gasteiger charge is 2.13. The van der Waals surface area contributed by atoms with Crippen molar-refractivity contribution in [3.8, 4) is 5.75 Å². The zero-order valence-electron chi connectivity index (χ0n) is 11.2. The van der Waals surface area contributed by atoms with Crippen molar-refractivity contribution in [2.45, 2.75) is 19.5 Å². The number of morpholine rings is 1. The van der Waals surface area contributed by atoms with Crippen molar-refractivity contribution >= 4 is 0 Å². The molecule has 0 saturated carbocycles. The number of phenolic OH excluding ortho intramolecular Hbond substituents is 1. The lowest BCUT2D eigenvalue weighted by Crippen LogP contribution is -2.44. The Bertz CT molecular complexity index is 408. The topological polar surface area (TPSA) is 44.7 Å². The number of aromatic hydroxyl groups is 1. The van der Waals surface area contributed by atoms with E-state index in [0.717, 1.165) is 38.4 Å². The van der Waals surface area contributed by atoms with E-state index in [2.05, 4.69) is 17.1 Å². The first-order valence-corrected chi connectivity index (χ1v) is 6.66. The molecule has 4 nitrogen and oxygen atoms in total. The van der Waals surface area contributed by atoms with E-state index in [1.807, 2.05) is 0 Å². The number of nitrogens with one attached hydrogen (secondary N) is 1. The normalized spacial score (nSPS) is 18.4. The minimum atomic E-state index is -0.569. The molecule has 1 aliphatic heterocycles. The van der Waals surface area contributed by atoms with Gasteiger partial charge in [-0.15, -0.1) is 0 Å². The summed E-state index contributed by atoms with van der Waals surface area (Å²) in [4.78, 5) is 2.36. The highest BCUT2D eigenvalue weighted by molar-refractivity contribution is 5.27. The van der Waals surface area contributed by atoms with Crippen LogP contribution in [0.1, 0.15) is 12.5 Å². The van der Waals surface area contributed by atoms with Crippen LogP contribution in [0.3, 0.4) is 0 Å². The molecule has 5 heteroatoms. The van der Waals surface area contributed by atoms with Gasteiger partial charge in [-0.25, -0.2) is 4.39 Å². The molecule has 0 aromatic heterocycles. The third-order valence-corrected chi connectivity index (χ3v) is 3.30. The van der Waals surface area contributed by atoms with Crippen LogP contribution in [0.15, 0.2) is 18.2 Å². The fraction of sp³-hybridized carbons (Fsp3) is 0.571. The quantitative estimate of drug-likeness (QED) is 0.846. The highest BCUT2D eigenvalue weighted by Crippen LogP contribution is 2.16. The van der Waals surface area contributed by atoms with Gasteiger partial charge < -0.3 is 15.2 Å². The molecule has 1 heterocycles. The number of halogens is 1. The molecule has 1 atom stereocenters. The summed E-state index contributed by atoms with van der Waals surface area (Å²) in [5.74, 6) is -0.870. The second-order valence-corrected chi connectivity index (χ2v) is 4.98. The molecule has 19 heavy (non-hydrogen) atoms. The lowest BCUT2D eigenvalue weighted by atomic mass is 10.2. The van der Waals surface area contributed by atoms with E-state index in [4.69, 9.17) is 9.84 Å². The summed E-state index contributed by atoms with van der Waals surface area (Å²) in [6.45, 7) is 7.23. The molecule has 1 aliphatic rings. The summed E-state index contributed by atoms with van der Waals surface area (Å²) in [6, 6.07) is 4.81. The van der Waals surface area contributed by atoms with E-state index < -0.39 is 5.82 Å². The Labute approximate surface area is 113 Å². The summed E-state index contributed by atoms with van der Waals surface area (Å²) in [5.41, 5.74) is 0.837. The first-order chi connectivity index (χ1) is 9.15. The van der Waals surface area contributed by atoms with Gasteiger partial charge in [0.2, 0.25) is 0 Å². The summed E-state index contributed by atoms with van der Waals surface area (Å²) in [7, 11) is 0. The van der Waals surface area contributed by atoms with Gasteiger partial charge in [0, 0.05) is 32.2 Å². The number of nitrogens with zero attached hydrogens (tertiary/aromatic N) is 1. The van der Waals surface area contributed by atoms with Crippen molar-refractivity contribution in [2.24, 2.45) is 0 Å². The van der Waals surface area contributed by atoms with Gasteiger partial charge >= 0.3 is 0 Å². The molecule has 106 valence electrons. The van der Waals surface area contributed by atoms with E-state index in [9.17, 15) is 4.39 Å². The number of hydrogen-bond acceptors (Lipinski definition) is 4. The van der Waals surface area contributed by atoms with Crippen molar-refractivity contribution < 1.29 is 14.2 Å². The monoisotopic (exact) mass is 268 g/mol. The summed E-state index contributed by atoms with van der Waals surface area (Å²) >= 11 is 0. The molecule has 1 aromatic rings. The molecule has 0 amide bonds. The van der Waals surface area contributed by atoms with E-state index in [0.29, 0.717) is 12.6 Å². The number of rotatable bonds is 5. The third-order valence-electron chi connectivity index (χ3n) is 3.30. The molecule has 2 rings (SSSR count). The first kappa shape index (κ1) is 14.2. The van der Waals surface area contributed by atoms with Crippen LogP contribution in [-0.4, -0.2) is 48.9 Å². The number of phenols is 1. The zero-order valence-corrected chi connectivity index (χ0v) is 11.2. The Morgan fingerprint density at radius 2 is 2.16 bits per heavy atom. The fourth-order valence-electron chi connectivity index (χ4n) is 2.19. The average Bonchev–Trinajstić information content (AvgIpc) is 2.41. The highest BCUT2D eigenvalue weighted by atomic mass is 19.1. The largest absolute Gasteiger partial charge is 0.505 e. The Morgan fingerprint density at radius 1 is 1.42 bits per heavy atom. The van der Waals surface area contributed by atoms with Crippen molar-refractivity contribution in [2.75, 3.05) is 32.8 Å². The van der Waals surface area contributed by atoms with Gasteiger partial charge in [-0.05, 0) is 24.6 Å². The van der Waals surface area contributed by atoms with E-state index in [-0.39, 0.29) is 5.75 Å². The predicted molar refractivity (Wildman–Crippen MR) is 71.6 cm³/mol. The van der Waals surface area contributed by atoms with Crippen LogP contribution in [0.25, 0.3) is 0 Å². The van der Waals surface area contributed by atoms with Gasteiger partial charge in [0.05, 0.1) is 13.2 Å². The van der Waals surface area contributed by atoms with Crippen molar-refractivity contribution in [3.05, 3.63) is 29.6 Å². The van der Waals surface area contributed by atoms with Crippen molar-refractivity contribution in [1.82, 2.24) is 10.2 Å². The second kappa shape index (κ2) is 6.84. The standard InChI is InChI=1S/C14H21FN2O2/c1-11(10-17-4-6-19-7-5-17)16-9-12-2-3-14(18)13(15)8-12/h2-3,8,11,16,18H,4-7,9-10H2,1H3. The van der Waals surface area contributed by atoms with Gasteiger partial charge in [-0.2, -0.15) is 0 Å². The van der Waals surface area contributed by atoms with E-state index in [1.54, 1.807) is 6.07 Å². The maximum absolute atomic E-state index is 13.2. The molecular formula is C14H21FN2O2. The summed E-state index contributed by atoms with van der Waals surface area (Å²) < 4.78 is 18.5. The Balaban J connectivity index is 1.75. The molecular weight excluding hydrogens is 247 g/mol. The predicted octanol–water partition coefficient (Wildman–Crippen LogP) is 1.34. The van der Waals surface area contributed by atoms with Crippen LogP contribution in [0, 0.1) is 5.82 Å². The molecule has 0 radical (unpaired) electrons. The van der Waals surface area contributed by atoms with Crippen LogP contribution in [0.4, 0.5) is 4.39 Å². The van der Waals surface area contributed by atoms with Gasteiger partial charge in [-0.1, -0.05) is 6.07 Å². The number of hydrogen-bond donors (Lipinski definition) is 2. The summed E-state index contributed by atoms with van der Waals surface area (Å²) in [6.07, 6.45) is 0. The van der Waals surface area contributed by atoms with Crippen molar-refractivity contribution in [1.29, 1.82) is 0 Å². The molecule has 1 aromatic carbocycles. The summed E-state index contributed by atoms with van der Waals surface area (Å²) in [5, 5.41) is 12.5. The number of ether oxygens (including phenoxy) is 1. The minimum absolute atomic E-state index is 0.301. The maximum atomic E-state index is 13.2. The Hall–Kier alpha value is -1.17. The lowest BCUT2D eigenvalue weighted by molar-refractivity contribution is 0.0343. The maximum Gasteiger partial charge on any atom is 0.165 e. The Morgan fingerprint density at radius 3 is 2.84 bits per heavy atom. The van der Waals surface area contributed by atoms with Gasteiger partial charge in [-0.3, -0.25) is 4.90 Å². The first-order valence-electron chi connectivity index (χ1n) is 6.66. The van der Waals surface area contributed by atoms with Crippen LogP contribution in [-0.2, 0) is 11.3 Å². The van der Waals surface area contributed by atoms with E-state index >= 15 is 0 Å². The van der Waals surface area contributed by atoms with E-state index in [1.165, 1.54) is 12.1 Å².